The number of carbonyl (C=O) groups is 1. The molecule has 238 valence electrons. The van der Waals surface area contributed by atoms with Crippen LogP contribution in [0.3, 0.4) is 0 Å². The number of nitrogens with zero attached hydrogens (tertiary/aromatic N) is 6. The Hall–Kier alpha value is -5.03. The van der Waals surface area contributed by atoms with Gasteiger partial charge in [-0.2, -0.15) is 10.3 Å². The number of thioether (sulfide) groups is 1. The van der Waals surface area contributed by atoms with Crippen molar-refractivity contribution in [2.24, 2.45) is 4.99 Å². The highest BCUT2D eigenvalue weighted by atomic mass is 32.2. The summed E-state index contributed by atoms with van der Waals surface area (Å²) in [5, 5.41) is 17.6. The van der Waals surface area contributed by atoms with E-state index in [0.717, 1.165) is 22.8 Å². The van der Waals surface area contributed by atoms with Crippen LogP contribution in [0.25, 0.3) is 17.1 Å². The second-order valence-electron chi connectivity index (χ2n) is 10.5. The summed E-state index contributed by atoms with van der Waals surface area (Å²) in [6.07, 6.45) is -3.33. The van der Waals surface area contributed by atoms with Crippen LogP contribution in [-0.4, -0.2) is 58.3 Å². The molecule has 46 heavy (non-hydrogen) atoms. The number of aliphatic imine (C=N–C) groups is 1. The minimum atomic E-state index is -4.77. The minimum Gasteiger partial charge on any atom is -0.497 e. The number of alkyl halides is 3. The van der Waals surface area contributed by atoms with Crippen molar-refractivity contribution in [1.29, 1.82) is 5.26 Å². The van der Waals surface area contributed by atoms with E-state index < -0.39 is 18.3 Å². The number of rotatable bonds is 9. The number of ether oxygens (including phenoxy) is 2. The number of benzene rings is 3. The number of hydrogen-bond acceptors (Lipinski definition) is 7. The molecule has 1 aliphatic heterocycles. The Morgan fingerprint density at radius 3 is 2.48 bits per heavy atom. The first-order valence-electron chi connectivity index (χ1n) is 14.3. The SMILES string of the molecule is COc1ccc(N2CCSC2=NC(=O)NCC(C#N)c2ccc(-c3ncn(-c4ccc(OC(F)(F)F)cc4)n3)cc2)c(C(C)C)c1. The lowest BCUT2D eigenvalue weighted by molar-refractivity contribution is -0.274. The largest absolute Gasteiger partial charge is 0.573 e. The van der Waals surface area contributed by atoms with Crippen LogP contribution in [0, 0.1) is 11.3 Å². The van der Waals surface area contributed by atoms with Crippen molar-refractivity contribution in [2.45, 2.75) is 32.0 Å². The second-order valence-corrected chi connectivity index (χ2v) is 11.6. The fourth-order valence-corrected chi connectivity index (χ4v) is 5.77. The number of methoxy groups -OCH3 is 1. The summed E-state index contributed by atoms with van der Waals surface area (Å²) in [4.78, 5) is 23.5. The van der Waals surface area contributed by atoms with Gasteiger partial charge in [-0.1, -0.05) is 49.9 Å². The fourth-order valence-electron chi connectivity index (χ4n) is 4.82. The van der Waals surface area contributed by atoms with Gasteiger partial charge in [0.1, 0.15) is 17.8 Å². The van der Waals surface area contributed by atoms with Crippen LogP contribution in [0.4, 0.5) is 23.7 Å². The molecule has 5 rings (SSSR count). The molecular weight excluding hydrogens is 619 g/mol. The van der Waals surface area contributed by atoms with E-state index in [1.807, 2.05) is 23.1 Å². The number of amides is 2. The van der Waals surface area contributed by atoms with Gasteiger partial charge in [0.2, 0.25) is 0 Å². The highest BCUT2D eigenvalue weighted by Crippen LogP contribution is 2.35. The third-order valence-electron chi connectivity index (χ3n) is 7.13. The summed E-state index contributed by atoms with van der Waals surface area (Å²) < 4.78 is 48.0. The quantitative estimate of drug-likeness (QED) is 0.208. The van der Waals surface area contributed by atoms with E-state index >= 15 is 0 Å². The van der Waals surface area contributed by atoms with Crippen molar-refractivity contribution in [3.8, 4) is 34.6 Å². The Morgan fingerprint density at radius 1 is 1.11 bits per heavy atom. The maximum atomic E-state index is 12.8. The molecule has 0 radical (unpaired) electrons. The molecule has 1 N–H and O–H groups in total. The predicted molar refractivity (Wildman–Crippen MR) is 170 cm³/mol. The van der Waals surface area contributed by atoms with E-state index in [4.69, 9.17) is 4.74 Å². The number of halogens is 3. The topological polar surface area (TPSA) is 118 Å². The molecule has 1 aliphatic rings. The van der Waals surface area contributed by atoms with E-state index in [-0.39, 0.29) is 18.2 Å². The van der Waals surface area contributed by atoms with E-state index in [0.29, 0.717) is 34.4 Å². The summed E-state index contributed by atoms with van der Waals surface area (Å²) in [6.45, 7) is 4.99. The van der Waals surface area contributed by atoms with Crippen LogP contribution in [-0.2, 0) is 0 Å². The number of aromatic nitrogens is 3. The first kappa shape index (κ1) is 32.4. The number of anilines is 1. The first-order chi connectivity index (χ1) is 22.0. The molecule has 4 aromatic rings. The summed E-state index contributed by atoms with van der Waals surface area (Å²) >= 11 is 1.50. The van der Waals surface area contributed by atoms with Crippen LogP contribution >= 0.6 is 11.8 Å². The van der Waals surface area contributed by atoms with E-state index in [9.17, 15) is 23.2 Å². The van der Waals surface area contributed by atoms with Crippen molar-refractivity contribution < 1.29 is 27.4 Å². The highest BCUT2D eigenvalue weighted by Gasteiger charge is 2.31. The van der Waals surface area contributed by atoms with E-state index in [2.05, 4.69) is 45.0 Å². The summed E-state index contributed by atoms with van der Waals surface area (Å²) in [7, 11) is 1.63. The predicted octanol–water partition coefficient (Wildman–Crippen LogP) is 6.89. The van der Waals surface area contributed by atoms with Crippen LogP contribution in [0.1, 0.15) is 36.8 Å². The molecule has 0 aliphatic carbocycles. The molecule has 2 amide bonds. The van der Waals surface area contributed by atoms with E-state index in [1.54, 1.807) is 31.4 Å². The Bertz CT molecular complexity index is 1750. The Morgan fingerprint density at radius 2 is 1.83 bits per heavy atom. The molecule has 1 aromatic heterocycles. The molecule has 10 nitrogen and oxygen atoms in total. The van der Waals surface area contributed by atoms with Gasteiger partial charge in [0.15, 0.2) is 11.0 Å². The van der Waals surface area contributed by atoms with Gasteiger partial charge in [-0.3, -0.25) is 0 Å². The number of nitrogens with one attached hydrogen (secondary N) is 1. The van der Waals surface area contributed by atoms with Gasteiger partial charge in [-0.15, -0.1) is 18.3 Å². The van der Waals surface area contributed by atoms with Gasteiger partial charge in [0.25, 0.3) is 0 Å². The van der Waals surface area contributed by atoms with Gasteiger partial charge < -0.3 is 19.7 Å². The van der Waals surface area contributed by atoms with Crippen molar-refractivity contribution in [1.82, 2.24) is 20.1 Å². The van der Waals surface area contributed by atoms with Crippen molar-refractivity contribution in [2.75, 3.05) is 30.9 Å². The summed E-state index contributed by atoms with van der Waals surface area (Å²) in [5.41, 5.74) is 3.94. The second kappa shape index (κ2) is 13.9. The third-order valence-corrected chi connectivity index (χ3v) is 8.09. The zero-order chi connectivity index (χ0) is 32.8. The fraction of sp³-hybridized carbons (Fsp3) is 0.281. The molecule has 2 heterocycles. The van der Waals surface area contributed by atoms with Gasteiger partial charge >= 0.3 is 12.4 Å². The lowest BCUT2D eigenvalue weighted by Crippen LogP contribution is -2.30. The number of urea groups is 1. The number of carbonyl (C=O) groups excluding carboxylic acids is 1. The van der Waals surface area contributed by atoms with Crippen LogP contribution in [0.15, 0.2) is 78.0 Å². The molecule has 1 saturated heterocycles. The molecule has 0 saturated carbocycles. The zero-order valence-corrected chi connectivity index (χ0v) is 26.0. The number of amidine groups is 1. The minimum absolute atomic E-state index is 0.0663. The molecule has 1 fully saturated rings. The number of nitriles is 1. The highest BCUT2D eigenvalue weighted by molar-refractivity contribution is 8.14. The van der Waals surface area contributed by atoms with Crippen molar-refractivity contribution >= 4 is 28.6 Å². The van der Waals surface area contributed by atoms with Gasteiger partial charge in [-0.25, -0.2) is 14.5 Å². The van der Waals surface area contributed by atoms with Gasteiger partial charge in [-0.05, 0) is 59.5 Å². The maximum absolute atomic E-state index is 12.8. The zero-order valence-electron chi connectivity index (χ0n) is 25.2. The van der Waals surface area contributed by atoms with Crippen molar-refractivity contribution in [3.63, 3.8) is 0 Å². The molecule has 1 atom stereocenters. The summed E-state index contributed by atoms with van der Waals surface area (Å²) in [5.74, 6) is 1.22. The Kier molecular flexibility index (Phi) is 9.81. The van der Waals surface area contributed by atoms with E-state index in [1.165, 1.54) is 47.0 Å². The third kappa shape index (κ3) is 7.78. The lowest BCUT2D eigenvalue weighted by Gasteiger charge is -2.23. The standard InChI is InChI=1S/C32H30F3N7O3S/c1-20(2)27-16-26(44-3)12-13-28(27)41-14-15-46-31(41)39-30(43)37-18-23(17-36)21-4-6-22(7-5-21)29-38-19-42(40-29)24-8-10-25(11-9-24)45-32(33,34)35/h4-13,16,19-20,23H,14-15,18H2,1-3H3,(H,37,43). The van der Waals surface area contributed by atoms with Crippen LogP contribution < -0.4 is 19.7 Å². The average molecular weight is 650 g/mol. The van der Waals surface area contributed by atoms with Gasteiger partial charge in [0.05, 0.1) is 24.8 Å². The van der Waals surface area contributed by atoms with Crippen molar-refractivity contribution in [3.05, 3.63) is 84.2 Å². The summed E-state index contributed by atoms with van der Waals surface area (Å²) in [6, 6.07) is 19.9. The number of hydrogen-bond donors (Lipinski definition) is 1. The molecule has 3 aromatic carbocycles. The Balaban J connectivity index is 1.21. The molecule has 1 unspecified atom stereocenters. The molecular formula is C32H30F3N7O3S. The smallest absolute Gasteiger partial charge is 0.497 e. The first-order valence-corrected chi connectivity index (χ1v) is 15.3. The monoisotopic (exact) mass is 649 g/mol. The molecule has 14 heteroatoms. The molecule has 0 spiro atoms. The molecule has 0 bridgehead atoms. The Labute approximate surface area is 267 Å². The van der Waals surface area contributed by atoms with Gasteiger partial charge in [0, 0.05) is 30.1 Å². The lowest BCUT2D eigenvalue weighted by atomic mass is 9.99. The van der Waals surface area contributed by atoms with Crippen LogP contribution in [0.5, 0.6) is 11.5 Å². The maximum Gasteiger partial charge on any atom is 0.573 e. The normalized spacial score (nSPS) is 14.7. The average Bonchev–Trinajstić information content (AvgIpc) is 3.71. The van der Waals surface area contributed by atoms with Crippen LogP contribution in [0.2, 0.25) is 0 Å².